The number of hydrogen-bond acceptors (Lipinski definition) is 5. The van der Waals surface area contributed by atoms with Crippen LogP contribution in [0.25, 0.3) is 0 Å². The Balaban J connectivity index is 2.66. The fourth-order valence-electron chi connectivity index (χ4n) is 1.31. The first-order valence-electron chi connectivity index (χ1n) is 5.25. The Morgan fingerprint density at radius 1 is 1.41 bits per heavy atom. The van der Waals surface area contributed by atoms with Gasteiger partial charge in [0.25, 0.3) is 0 Å². The highest BCUT2D eigenvalue weighted by Gasteiger charge is 2.15. The van der Waals surface area contributed by atoms with E-state index in [9.17, 15) is 12.6 Å². The normalized spacial score (nSPS) is 13.5. The van der Waals surface area contributed by atoms with Gasteiger partial charge in [0.1, 0.15) is 5.03 Å². The number of nitrogens with zero attached hydrogens (tertiary/aromatic N) is 1. The smallest absolute Gasteiger partial charge is 0.151 e. The first-order chi connectivity index (χ1) is 7.96. The van der Waals surface area contributed by atoms with Gasteiger partial charge in [-0.05, 0) is 18.6 Å². The number of rotatable bonds is 6. The maximum absolute atomic E-state index is 11.8. The van der Waals surface area contributed by atoms with Crippen LogP contribution in [-0.2, 0) is 20.6 Å². The highest BCUT2D eigenvalue weighted by atomic mass is 32.2. The van der Waals surface area contributed by atoms with Crippen molar-refractivity contribution in [3.63, 3.8) is 0 Å². The third kappa shape index (κ3) is 4.43. The lowest BCUT2D eigenvalue weighted by Crippen LogP contribution is -2.17. The molecule has 7 heteroatoms. The minimum absolute atomic E-state index is 0.0452. The molecule has 1 heterocycles. The molecule has 0 radical (unpaired) electrons. The zero-order chi connectivity index (χ0) is 12.9. The molecule has 1 aromatic heterocycles. The Morgan fingerprint density at radius 2 is 2.12 bits per heavy atom. The highest BCUT2D eigenvalue weighted by molar-refractivity contribution is 7.93. The number of aromatic nitrogens is 1. The molecule has 1 rings (SSSR count). The number of pyridine rings is 1. The second-order valence-electron chi connectivity index (χ2n) is 3.60. The van der Waals surface area contributed by atoms with Crippen LogP contribution in [0, 0.1) is 0 Å². The van der Waals surface area contributed by atoms with Crippen molar-refractivity contribution in [2.24, 2.45) is 0 Å². The number of nitrogens with two attached hydrogens (primary N) is 1. The van der Waals surface area contributed by atoms with Crippen LogP contribution < -0.4 is 5.73 Å². The molecule has 0 aliphatic heterocycles. The molecule has 17 heavy (non-hydrogen) atoms. The van der Waals surface area contributed by atoms with Gasteiger partial charge in [0.05, 0.1) is 22.2 Å². The average molecular weight is 276 g/mol. The van der Waals surface area contributed by atoms with Gasteiger partial charge in [-0.25, -0.2) is 13.4 Å². The van der Waals surface area contributed by atoms with E-state index in [1.807, 2.05) is 0 Å². The lowest BCUT2D eigenvalue weighted by molar-refractivity contribution is 0.595. The summed E-state index contributed by atoms with van der Waals surface area (Å²) in [5.41, 5.74) is 5.95. The van der Waals surface area contributed by atoms with Crippen molar-refractivity contribution >= 4 is 26.3 Å². The summed E-state index contributed by atoms with van der Waals surface area (Å²) in [4.78, 5) is 3.90. The number of anilines is 1. The molecule has 0 amide bonds. The average Bonchev–Trinajstić information content (AvgIpc) is 2.27. The van der Waals surface area contributed by atoms with Gasteiger partial charge in [0, 0.05) is 17.7 Å². The van der Waals surface area contributed by atoms with Crippen LogP contribution in [0.3, 0.4) is 0 Å². The highest BCUT2D eigenvalue weighted by Crippen LogP contribution is 2.12. The van der Waals surface area contributed by atoms with E-state index in [4.69, 9.17) is 5.73 Å². The predicted molar refractivity (Wildman–Crippen MR) is 68.9 cm³/mol. The van der Waals surface area contributed by atoms with Gasteiger partial charge in [0.2, 0.25) is 0 Å². The fraction of sp³-hybridized carbons (Fsp3) is 0.500. The first-order valence-corrected chi connectivity index (χ1v) is 8.39. The van der Waals surface area contributed by atoms with Crippen LogP contribution >= 0.6 is 0 Å². The maximum atomic E-state index is 11.8. The van der Waals surface area contributed by atoms with Gasteiger partial charge >= 0.3 is 0 Å². The van der Waals surface area contributed by atoms with Crippen molar-refractivity contribution in [1.29, 1.82) is 0 Å². The van der Waals surface area contributed by atoms with Crippen molar-refractivity contribution < 1.29 is 12.6 Å². The van der Waals surface area contributed by atoms with E-state index >= 15 is 0 Å². The van der Waals surface area contributed by atoms with Crippen molar-refractivity contribution in [3.05, 3.63) is 18.3 Å². The molecule has 0 aliphatic carbocycles. The van der Waals surface area contributed by atoms with Gasteiger partial charge in [0.15, 0.2) is 9.84 Å². The van der Waals surface area contributed by atoms with E-state index in [0.717, 1.165) is 0 Å². The Labute approximate surface area is 104 Å². The fourth-order valence-corrected chi connectivity index (χ4v) is 4.46. The first kappa shape index (κ1) is 14.1. The molecular formula is C10H16N2O3S2. The van der Waals surface area contributed by atoms with E-state index in [1.54, 1.807) is 19.1 Å². The largest absolute Gasteiger partial charge is 0.396 e. The lowest BCUT2D eigenvalue weighted by Gasteiger charge is -2.04. The van der Waals surface area contributed by atoms with Gasteiger partial charge < -0.3 is 5.73 Å². The van der Waals surface area contributed by atoms with E-state index in [0.29, 0.717) is 12.1 Å². The number of hydrogen-bond donors (Lipinski definition) is 1. The van der Waals surface area contributed by atoms with Crippen LogP contribution in [-0.4, -0.2) is 34.9 Å². The molecule has 0 aliphatic rings. The molecule has 0 saturated carbocycles. The summed E-state index contributed by atoms with van der Waals surface area (Å²) in [6.45, 7) is 1.80. The number of nitrogen functional groups attached to an aromatic ring is 1. The molecule has 0 bridgehead atoms. The van der Waals surface area contributed by atoms with Crippen molar-refractivity contribution in [2.75, 3.05) is 23.0 Å². The molecule has 96 valence electrons. The summed E-state index contributed by atoms with van der Waals surface area (Å²) in [6.07, 6.45) is 2.06. The van der Waals surface area contributed by atoms with E-state index < -0.39 is 20.6 Å². The van der Waals surface area contributed by atoms with Gasteiger partial charge in [-0.15, -0.1) is 0 Å². The Morgan fingerprint density at radius 3 is 2.71 bits per heavy atom. The van der Waals surface area contributed by atoms with Crippen LogP contribution in [0.5, 0.6) is 0 Å². The van der Waals surface area contributed by atoms with Crippen LogP contribution in [0.2, 0.25) is 0 Å². The molecule has 0 aromatic carbocycles. The molecule has 1 aromatic rings. The Kier molecular flexibility index (Phi) is 5.07. The maximum Gasteiger partial charge on any atom is 0.151 e. The quantitative estimate of drug-likeness (QED) is 0.821. The van der Waals surface area contributed by atoms with Crippen molar-refractivity contribution in [3.8, 4) is 0 Å². The summed E-state index contributed by atoms with van der Waals surface area (Å²) in [5, 5.41) is 0.263. The third-order valence-electron chi connectivity index (χ3n) is 2.11. The van der Waals surface area contributed by atoms with E-state index in [2.05, 4.69) is 4.98 Å². The topological polar surface area (TPSA) is 90.1 Å². The van der Waals surface area contributed by atoms with Gasteiger partial charge in [-0.2, -0.15) is 0 Å². The van der Waals surface area contributed by atoms with E-state index in [-0.39, 0.29) is 22.3 Å². The second kappa shape index (κ2) is 6.11. The minimum atomic E-state index is -3.11. The van der Waals surface area contributed by atoms with Gasteiger partial charge in [-0.3, -0.25) is 4.21 Å². The van der Waals surface area contributed by atoms with Crippen LogP contribution in [0.4, 0.5) is 5.69 Å². The lowest BCUT2D eigenvalue weighted by atomic mass is 10.4. The van der Waals surface area contributed by atoms with Crippen molar-refractivity contribution in [2.45, 2.75) is 18.4 Å². The molecule has 0 saturated heterocycles. The van der Waals surface area contributed by atoms with Crippen LogP contribution in [0.15, 0.2) is 23.4 Å². The zero-order valence-electron chi connectivity index (χ0n) is 9.63. The molecule has 1 atom stereocenters. The van der Waals surface area contributed by atoms with Crippen LogP contribution in [0.1, 0.15) is 13.3 Å². The summed E-state index contributed by atoms with van der Waals surface area (Å²) >= 11 is 0. The Hall–Kier alpha value is -0.950. The minimum Gasteiger partial charge on any atom is -0.396 e. The van der Waals surface area contributed by atoms with Gasteiger partial charge in [-0.1, -0.05) is 6.92 Å². The molecule has 1 unspecified atom stereocenters. The standard InChI is InChI=1S/C10H16N2O3S2/c1-2-7-17(14,15)8-6-16(13)10-9(11)4-3-5-12-10/h3-5H,2,6-8,11H2,1H3. The third-order valence-corrected chi connectivity index (χ3v) is 5.57. The zero-order valence-corrected chi connectivity index (χ0v) is 11.3. The number of sulfone groups is 1. The molecule has 2 N–H and O–H groups in total. The summed E-state index contributed by atoms with van der Waals surface area (Å²) in [7, 11) is -4.57. The molecule has 0 fully saturated rings. The van der Waals surface area contributed by atoms with Crippen molar-refractivity contribution in [1.82, 2.24) is 4.98 Å². The summed E-state index contributed by atoms with van der Waals surface area (Å²) < 4.78 is 34.8. The Bertz CT molecular complexity index is 500. The van der Waals surface area contributed by atoms with E-state index in [1.165, 1.54) is 6.20 Å². The molecular weight excluding hydrogens is 260 g/mol. The SMILES string of the molecule is CCCS(=O)(=O)CCS(=O)c1ncccc1N. The predicted octanol–water partition coefficient (Wildman–Crippen LogP) is 0.596. The summed E-state index contributed by atoms with van der Waals surface area (Å²) in [6, 6.07) is 3.24. The monoisotopic (exact) mass is 276 g/mol. The molecule has 0 spiro atoms. The second-order valence-corrected chi connectivity index (χ2v) is 7.39. The summed E-state index contributed by atoms with van der Waals surface area (Å²) in [5.74, 6) is 0.0783. The molecule has 5 nitrogen and oxygen atoms in total.